The van der Waals surface area contributed by atoms with Gasteiger partial charge in [-0.3, -0.25) is 4.79 Å². The molecule has 9 nitrogen and oxygen atoms in total. The maximum atomic E-state index is 14.2. The van der Waals surface area contributed by atoms with E-state index in [9.17, 15) is 22.4 Å². The Bertz CT molecular complexity index is 1110. The van der Waals surface area contributed by atoms with Crippen molar-refractivity contribution in [2.24, 2.45) is 0 Å². The molecule has 0 radical (unpaired) electrons. The number of nitrogens with zero attached hydrogens (tertiary/aromatic N) is 1. The van der Waals surface area contributed by atoms with Gasteiger partial charge in [-0.25, -0.2) is 22.3 Å². The summed E-state index contributed by atoms with van der Waals surface area (Å²) in [6, 6.07) is 9.72. The van der Waals surface area contributed by atoms with Gasteiger partial charge in [-0.1, -0.05) is 6.07 Å². The van der Waals surface area contributed by atoms with Gasteiger partial charge in [0.2, 0.25) is 10.0 Å². The van der Waals surface area contributed by atoms with Crippen LogP contribution in [0, 0.1) is 5.82 Å². The Morgan fingerprint density at radius 1 is 1.06 bits per heavy atom. The second-order valence-corrected chi connectivity index (χ2v) is 10.1. The number of carbonyl (C=O) groups excluding carboxylic acids is 2. The third kappa shape index (κ3) is 8.03. The third-order valence-electron chi connectivity index (χ3n) is 4.18. The molecule has 0 fully saturated rings. The van der Waals surface area contributed by atoms with Crippen molar-refractivity contribution >= 4 is 33.4 Å². The molecule has 0 aromatic heterocycles. The Morgan fingerprint density at radius 3 is 2.36 bits per heavy atom. The lowest BCUT2D eigenvalue weighted by atomic mass is 10.1. The van der Waals surface area contributed by atoms with Crippen LogP contribution in [-0.2, 0) is 14.8 Å². The van der Waals surface area contributed by atoms with Crippen LogP contribution in [0.4, 0.5) is 20.6 Å². The second-order valence-electron chi connectivity index (χ2n) is 8.37. The van der Waals surface area contributed by atoms with Crippen molar-refractivity contribution < 1.29 is 27.1 Å². The van der Waals surface area contributed by atoms with Gasteiger partial charge in [-0.05, 0) is 57.2 Å². The predicted octanol–water partition coefficient (Wildman–Crippen LogP) is 2.95. The molecule has 3 N–H and O–H groups in total. The van der Waals surface area contributed by atoms with Gasteiger partial charge in [0.1, 0.15) is 11.4 Å². The first-order chi connectivity index (χ1) is 15.3. The molecular formula is C22H29FN4O5S. The molecule has 0 aliphatic heterocycles. The van der Waals surface area contributed by atoms with Crippen molar-refractivity contribution in [2.75, 3.05) is 37.4 Å². The Morgan fingerprint density at radius 2 is 1.76 bits per heavy atom. The van der Waals surface area contributed by atoms with Crippen LogP contribution in [0.15, 0.2) is 47.4 Å². The van der Waals surface area contributed by atoms with E-state index in [1.807, 2.05) is 0 Å². The van der Waals surface area contributed by atoms with Gasteiger partial charge >= 0.3 is 6.09 Å². The van der Waals surface area contributed by atoms with Crippen LogP contribution >= 0.6 is 0 Å². The highest BCUT2D eigenvalue weighted by Gasteiger charge is 2.18. The molecule has 180 valence electrons. The quantitative estimate of drug-likeness (QED) is 0.500. The smallest absolute Gasteiger partial charge is 0.407 e. The first-order valence-electron chi connectivity index (χ1n) is 10.1. The summed E-state index contributed by atoms with van der Waals surface area (Å²) in [5.74, 6) is -1.13. The van der Waals surface area contributed by atoms with Crippen LogP contribution in [0.25, 0.3) is 0 Å². The Balaban J connectivity index is 1.99. The van der Waals surface area contributed by atoms with E-state index in [2.05, 4.69) is 15.4 Å². The van der Waals surface area contributed by atoms with Crippen molar-refractivity contribution in [1.29, 1.82) is 0 Å². The van der Waals surface area contributed by atoms with E-state index in [0.717, 1.165) is 6.07 Å². The van der Waals surface area contributed by atoms with Crippen LogP contribution in [0.1, 0.15) is 31.1 Å². The lowest BCUT2D eigenvalue weighted by Gasteiger charge is -2.19. The zero-order valence-corrected chi connectivity index (χ0v) is 20.0. The molecule has 0 saturated carbocycles. The van der Waals surface area contributed by atoms with E-state index < -0.39 is 33.4 Å². The monoisotopic (exact) mass is 480 g/mol. The summed E-state index contributed by atoms with van der Waals surface area (Å²) in [7, 11) is -0.525. The number of nitrogens with one attached hydrogen (secondary N) is 3. The van der Waals surface area contributed by atoms with Gasteiger partial charge in [0.25, 0.3) is 5.91 Å². The molecule has 0 saturated heterocycles. The van der Waals surface area contributed by atoms with Crippen molar-refractivity contribution in [2.45, 2.75) is 31.3 Å². The minimum absolute atomic E-state index is 0.0269. The van der Waals surface area contributed by atoms with E-state index in [4.69, 9.17) is 4.74 Å². The number of amides is 2. The summed E-state index contributed by atoms with van der Waals surface area (Å²) in [5, 5.41) is 5.02. The topological polar surface area (TPSA) is 117 Å². The Hall–Kier alpha value is -3.18. The molecule has 0 bridgehead atoms. The third-order valence-corrected chi connectivity index (χ3v) is 5.64. The minimum atomic E-state index is -3.90. The normalized spacial score (nSPS) is 11.6. The number of sulfonamides is 1. The van der Waals surface area contributed by atoms with Gasteiger partial charge in [-0.2, -0.15) is 0 Å². The molecule has 0 atom stereocenters. The van der Waals surface area contributed by atoms with Crippen LogP contribution < -0.4 is 20.3 Å². The summed E-state index contributed by atoms with van der Waals surface area (Å²) in [6.07, 6.45) is -0.651. The lowest BCUT2D eigenvalue weighted by Crippen LogP contribution is -2.37. The van der Waals surface area contributed by atoms with Gasteiger partial charge in [0.05, 0.1) is 10.6 Å². The van der Waals surface area contributed by atoms with E-state index in [1.165, 1.54) is 36.4 Å². The van der Waals surface area contributed by atoms with E-state index >= 15 is 0 Å². The van der Waals surface area contributed by atoms with Crippen molar-refractivity contribution in [3.63, 3.8) is 0 Å². The molecule has 0 aliphatic rings. The molecule has 0 aliphatic carbocycles. The summed E-state index contributed by atoms with van der Waals surface area (Å²) in [4.78, 5) is 25.6. The average molecular weight is 481 g/mol. The standard InChI is InChI=1S/C22H29FN4O5S/c1-22(2,3)32-21(29)24-11-12-25-33(30,31)17-8-6-7-16(14-17)26-20(28)15-9-10-19(27(4)5)18(23)13-15/h6-10,13-14,25H,11-12H2,1-5H3,(H,24,29)(H,26,28). The Kier molecular flexibility index (Phi) is 8.39. The highest BCUT2D eigenvalue weighted by molar-refractivity contribution is 7.89. The molecule has 11 heteroatoms. The number of anilines is 2. The molecule has 0 unspecified atom stereocenters. The summed E-state index contributed by atoms with van der Waals surface area (Å²) in [6.45, 7) is 5.12. The first-order valence-corrected chi connectivity index (χ1v) is 11.6. The molecule has 2 rings (SSSR count). The molecule has 33 heavy (non-hydrogen) atoms. The second kappa shape index (κ2) is 10.6. The highest BCUT2D eigenvalue weighted by atomic mass is 32.2. The minimum Gasteiger partial charge on any atom is -0.444 e. The van der Waals surface area contributed by atoms with Gasteiger partial charge in [-0.15, -0.1) is 0 Å². The fourth-order valence-corrected chi connectivity index (χ4v) is 3.78. The fourth-order valence-electron chi connectivity index (χ4n) is 2.70. The molecule has 0 heterocycles. The number of rotatable bonds is 8. The number of halogens is 1. The predicted molar refractivity (Wildman–Crippen MR) is 125 cm³/mol. The fraction of sp³-hybridized carbons (Fsp3) is 0.364. The zero-order valence-electron chi connectivity index (χ0n) is 19.2. The highest BCUT2D eigenvalue weighted by Crippen LogP contribution is 2.20. The van der Waals surface area contributed by atoms with E-state index in [1.54, 1.807) is 39.8 Å². The van der Waals surface area contributed by atoms with Gasteiger partial charge in [0.15, 0.2) is 0 Å². The van der Waals surface area contributed by atoms with E-state index in [0.29, 0.717) is 5.69 Å². The van der Waals surface area contributed by atoms with Crippen LogP contribution in [0.2, 0.25) is 0 Å². The molecule has 2 aromatic carbocycles. The number of hydrogen-bond acceptors (Lipinski definition) is 6. The lowest BCUT2D eigenvalue weighted by molar-refractivity contribution is 0.0528. The summed E-state index contributed by atoms with van der Waals surface area (Å²) in [5.41, 5.74) is 0.00524. The van der Waals surface area contributed by atoms with E-state index in [-0.39, 0.29) is 29.2 Å². The van der Waals surface area contributed by atoms with Crippen molar-refractivity contribution in [3.8, 4) is 0 Å². The van der Waals surface area contributed by atoms with Crippen LogP contribution in [0.3, 0.4) is 0 Å². The summed E-state index contributed by atoms with van der Waals surface area (Å²) >= 11 is 0. The number of alkyl carbamates (subject to hydrolysis) is 1. The van der Waals surface area contributed by atoms with Crippen molar-refractivity contribution in [1.82, 2.24) is 10.0 Å². The van der Waals surface area contributed by atoms with Gasteiger partial charge < -0.3 is 20.3 Å². The first kappa shape index (κ1) is 26.1. The number of hydrogen-bond donors (Lipinski definition) is 3. The zero-order chi connectivity index (χ0) is 24.8. The molecular weight excluding hydrogens is 451 g/mol. The number of carbonyl (C=O) groups is 2. The number of ether oxygens (including phenoxy) is 1. The SMILES string of the molecule is CN(C)c1ccc(C(=O)Nc2cccc(S(=O)(=O)NCCNC(=O)OC(C)(C)C)c2)cc1F. The average Bonchev–Trinajstić information content (AvgIpc) is 2.70. The summed E-state index contributed by atoms with van der Waals surface area (Å²) < 4.78 is 46.7. The largest absolute Gasteiger partial charge is 0.444 e. The van der Waals surface area contributed by atoms with Crippen LogP contribution in [0.5, 0.6) is 0 Å². The maximum absolute atomic E-state index is 14.2. The Labute approximate surface area is 193 Å². The molecule has 2 amide bonds. The number of benzene rings is 2. The van der Waals surface area contributed by atoms with Crippen LogP contribution in [-0.4, -0.2) is 53.2 Å². The van der Waals surface area contributed by atoms with Gasteiger partial charge in [0, 0.05) is 38.4 Å². The molecule has 2 aromatic rings. The maximum Gasteiger partial charge on any atom is 0.407 e. The molecule has 0 spiro atoms. The van der Waals surface area contributed by atoms with Crippen molar-refractivity contribution in [3.05, 3.63) is 53.8 Å².